The highest BCUT2D eigenvalue weighted by molar-refractivity contribution is 6.30. The summed E-state index contributed by atoms with van der Waals surface area (Å²) in [5.41, 5.74) is 1.34. The number of hydrogen-bond acceptors (Lipinski definition) is 6. The second-order valence-electron chi connectivity index (χ2n) is 9.74. The summed E-state index contributed by atoms with van der Waals surface area (Å²) < 4.78 is 23.9. The van der Waals surface area contributed by atoms with Gasteiger partial charge in [-0.25, -0.2) is 9.18 Å². The Morgan fingerprint density at radius 1 is 1.08 bits per heavy atom. The number of nitrogens with zero attached hydrogens (tertiary/aromatic N) is 4. The van der Waals surface area contributed by atoms with Crippen molar-refractivity contribution in [2.24, 2.45) is 0 Å². The Morgan fingerprint density at radius 3 is 2.36 bits per heavy atom. The van der Waals surface area contributed by atoms with Gasteiger partial charge in [0.2, 0.25) is 11.7 Å². The largest absolute Gasteiger partial charge is 0.415 e. The maximum atomic E-state index is 13.6. The van der Waals surface area contributed by atoms with E-state index in [1.807, 2.05) is 19.1 Å². The Labute approximate surface area is 229 Å². The topological polar surface area (TPSA) is 88.8 Å². The van der Waals surface area contributed by atoms with Gasteiger partial charge >= 0.3 is 6.09 Å². The number of carbonyl (C=O) groups excluding carboxylic acids is 2. The third-order valence-electron chi connectivity index (χ3n) is 7.20. The Morgan fingerprint density at radius 2 is 1.74 bits per heavy atom. The number of aromatic nitrogens is 2. The first-order valence-electron chi connectivity index (χ1n) is 12.3. The van der Waals surface area contributed by atoms with Gasteiger partial charge in [-0.3, -0.25) is 4.79 Å². The van der Waals surface area contributed by atoms with Crippen LogP contribution in [0.2, 0.25) is 5.02 Å². The summed E-state index contributed by atoms with van der Waals surface area (Å²) in [6.07, 6.45) is -0.614. The van der Waals surface area contributed by atoms with E-state index in [4.69, 9.17) is 20.9 Å². The zero-order valence-electron chi connectivity index (χ0n) is 21.6. The number of likely N-dealkylation sites (tertiary alicyclic amines) is 1. The summed E-state index contributed by atoms with van der Waals surface area (Å²) in [6.45, 7) is 4.27. The first kappa shape index (κ1) is 26.4. The van der Waals surface area contributed by atoms with Crippen molar-refractivity contribution >= 4 is 23.6 Å². The summed E-state index contributed by atoms with van der Waals surface area (Å²) >= 11 is 6.13. The lowest BCUT2D eigenvalue weighted by Gasteiger charge is -2.39. The molecule has 2 heterocycles. The molecule has 200 valence electrons. The molecule has 4 aromatic rings. The molecule has 1 aliphatic heterocycles. The number of benzene rings is 3. The normalized spacial score (nSPS) is 18.7. The van der Waals surface area contributed by atoms with Crippen LogP contribution >= 0.6 is 11.6 Å². The van der Waals surface area contributed by atoms with E-state index in [0.29, 0.717) is 28.8 Å². The molecule has 0 bridgehead atoms. The highest BCUT2D eigenvalue weighted by Crippen LogP contribution is 2.41. The average molecular weight is 549 g/mol. The number of halogens is 2. The molecule has 0 radical (unpaired) electrons. The lowest BCUT2D eigenvalue weighted by molar-refractivity contribution is 0.0737. The van der Waals surface area contributed by atoms with Crippen LogP contribution in [0.5, 0.6) is 5.75 Å². The number of hydrogen-bond donors (Lipinski definition) is 0. The van der Waals surface area contributed by atoms with Crippen LogP contribution in [-0.2, 0) is 0 Å². The minimum Gasteiger partial charge on any atom is -0.410 e. The molecule has 0 saturated carbocycles. The van der Waals surface area contributed by atoms with Gasteiger partial charge in [-0.2, -0.15) is 4.98 Å². The minimum absolute atomic E-state index is 0.172. The van der Waals surface area contributed by atoms with Gasteiger partial charge in [-0.15, -0.1) is 0 Å². The molecule has 0 spiro atoms. The summed E-state index contributed by atoms with van der Waals surface area (Å²) in [5, 5.41) is 4.51. The molecular formula is C29H26ClFN4O4. The molecule has 0 unspecified atom stereocenters. The number of amides is 2. The lowest BCUT2D eigenvalue weighted by Crippen LogP contribution is -2.53. The van der Waals surface area contributed by atoms with Crippen LogP contribution < -0.4 is 4.74 Å². The quantitative estimate of drug-likeness (QED) is 0.305. The van der Waals surface area contributed by atoms with Crippen LogP contribution in [0, 0.1) is 12.7 Å². The number of carbonyl (C=O) groups is 2. The van der Waals surface area contributed by atoms with Gasteiger partial charge in [0.05, 0.1) is 5.54 Å². The highest BCUT2D eigenvalue weighted by Gasteiger charge is 2.50. The van der Waals surface area contributed by atoms with E-state index in [2.05, 4.69) is 10.1 Å². The highest BCUT2D eigenvalue weighted by atomic mass is 35.5. The molecule has 0 N–H and O–H groups in total. The van der Waals surface area contributed by atoms with Crippen LogP contribution in [0.25, 0.3) is 11.4 Å². The Bertz CT molecular complexity index is 1490. The van der Waals surface area contributed by atoms with Crippen LogP contribution in [0.4, 0.5) is 9.18 Å². The fourth-order valence-electron chi connectivity index (χ4n) is 4.87. The number of ether oxygens (including phenoxy) is 1. The van der Waals surface area contributed by atoms with Crippen molar-refractivity contribution in [2.75, 3.05) is 20.1 Å². The first-order valence-corrected chi connectivity index (χ1v) is 12.7. The molecule has 1 saturated heterocycles. The smallest absolute Gasteiger partial charge is 0.410 e. The van der Waals surface area contributed by atoms with Crippen molar-refractivity contribution in [1.29, 1.82) is 0 Å². The second-order valence-corrected chi connectivity index (χ2v) is 10.2. The molecule has 2 atom stereocenters. The monoisotopic (exact) mass is 548 g/mol. The molecule has 0 aliphatic carbocycles. The fraction of sp³-hybridized carbons (Fsp3) is 0.241. The molecule has 5 rings (SSSR count). The maximum absolute atomic E-state index is 13.6. The predicted octanol–water partition coefficient (Wildman–Crippen LogP) is 5.97. The zero-order valence-corrected chi connectivity index (χ0v) is 22.4. The number of rotatable bonds is 5. The van der Waals surface area contributed by atoms with Crippen molar-refractivity contribution < 1.29 is 23.2 Å². The van der Waals surface area contributed by atoms with E-state index in [9.17, 15) is 14.0 Å². The van der Waals surface area contributed by atoms with Gasteiger partial charge in [-0.05, 0) is 61.0 Å². The van der Waals surface area contributed by atoms with E-state index in [-0.39, 0.29) is 24.1 Å². The van der Waals surface area contributed by atoms with Crippen molar-refractivity contribution in [2.45, 2.75) is 25.3 Å². The maximum Gasteiger partial charge on any atom is 0.415 e. The molecule has 1 fully saturated rings. The standard InChI is InChI=1S/C29H26ClFN4O4/c1-18-32-26(33-39-18)20-4-6-21(7-5-20)27(36)35-16-25(19-8-10-22(30)11-9-19)29(2,17-35)34(3)28(37)38-24-14-12-23(31)13-15-24/h4-15,25H,16-17H2,1-3H3/t25-,29+/m1/s1. The molecule has 39 heavy (non-hydrogen) atoms. The number of likely N-dealkylation sites (N-methyl/N-ethyl adjacent to an activating group) is 1. The van der Waals surface area contributed by atoms with Crippen molar-refractivity contribution in [3.05, 3.63) is 101 Å². The Kier molecular flexibility index (Phi) is 7.10. The lowest BCUT2D eigenvalue weighted by atomic mass is 9.82. The minimum atomic E-state index is -0.817. The first-order chi connectivity index (χ1) is 18.6. The molecule has 8 nitrogen and oxygen atoms in total. The average Bonchev–Trinajstić information content (AvgIpc) is 3.53. The van der Waals surface area contributed by atoms with E-state index in [1.165, 1.54) is 29.2 Å². The third kappa shape index (κ3) is 5.35. The van der Waals surface area contributed by atoms with Crippen LogP contribution in [-0.4, -0.2) is 57.6 Å². The van der Waals surface area contributed by atoms with Gasteiger partial charge in [0.15, 0.2) is 0 Å². The molecule has 1 aromatic heterocycles. The summed E-state index contributed by atoms with van der Waals surface area (Å²) in [7, 11) is 1.64. The number of aryl methyl sites for hydroxylation is 1. The molecule has 3 aromatic carbocycles. The van der Waals surface area contributed by atoms with Gasteiger partial charge in [0.25, 0.3) is 5.91 Å². The van der Waals surface area contributed by atoms with E-state index in [1.54, 1.807) is 55.3 Å². The molecule has 2 amide bonds. The van der Waals surface area contributed by atoms with Crippen LogP contribution in [0.15, 0.2) is 77.3 Å². The van der Waals surface area contributed by atoms with Gasteiger partial charge in [0.1, 0.15) is 11.6 Å². The summed E-state index contributed by atoms with van der Waals surface area (Å²) in [5.74, 6) is 0.298. The SMILES string of the molecule is Cc1nc(-c2ccc(C(=O)N3C[C@H](c4ccc(Cl)cc4)[C@@](C)(N(C)C(=O)Oc4ccc(F)cc4)C3)cc2)no1. The van der Waals surface area contributed by atoms with Crippen molar-refractivity contribution in [3.63, 3.8) is 0 Å². The second kappa shape index (κ2) is 10.5. The summed E-state index contributed by atoms with van der Waals surface area (Å²) in [4.78, 5) is 34.3. The Balaban J connectivity index is 1.40. The van der Waals surface area contributed by atoms with Crippen molar-refractivity contribution in [1.82, 2.24) is 19.9 Å². The predicted molar refractivity (Wildman–Crippen MR) is 143 cm³/mol. The van der Waals surface area contributed by atoms with E-state index >= 15 is 0 Å². The third-order valence-corrected chi connectivity index (χ3v) is 7.45. The van der Waals surface area contributed by atoms with Gasteiger partial charge < -0.3 is 19.1 Å². The summed E-state index contributed by atoms with van der Waals surface area (Å²) in [6, 6.07) is 19.6. The Hall–Kier alpha value is -4.24. The zero-order chi connectivity index (χ0) is 27.7. The van der Waals surface area contributed by atoms with Gasteiger partial charge in [0, 0.05) is 49.1 Å². The van der Waals surface area contributed by atoms with Crippen LogP contribution in [0.1, 0.15) is 34.7 Å². The molecular weight excluding hydrogens is 523 g/mol. The van der Waals surface area contributed by atoms with Gasteiger partial charge in [-0.1, -0.05) is 41.0 Å². The fourth-order valence-corrected chi connectivity index (χ4v) is 5.00. The van der Waals surface area contributed by atoms with E-state index < -0.39 is 17.4 Å². The van der Waals surface area contributed by atoms with Crippen LogP contribution in [0.3, 0.4) is 0 Å². The van der Waals surface area contributed by atoms with Crippen molar-refractivity contribution in [3.8, 4) is 17.1 Å². The van der Waals surface area contributed by atoms with E-state index in [0.717, 1.165) is 11.1 Å². The molecule has 1 aliphatic rings. The molecule has 10 heteroatoms.